The summed E-state index contributed by atoms with van der Waals surface area (Å²) in [7, 11) is 0. The highest BCUT2D eigenvalue weighted by atomic mass is 35.5. The molecule has 0 radical (unpaired) electrons. The van der Waals surface area contributed by atoms with Gasteiger partial charge in [-0.3, -0.25) is 4.79 Å². The van der Waals surface area contributed by atoms with Crippen LogP contribution in [0.25, 0.3) is 0 Å². The molecule has 194 valence electrons. The Morgan fingerprint density at radius 2 is 1.81 bits per heavy atom. The summed E-state index contributed by atoms with van der Waals surface area (Å²) >= 11 is 18.7. The van der Waals surface area contributed by atoms with Crippen LogP contribution in [-0.4, -0.2) is 30.8 Å². The van der Waals surface area contributed by atoms with Crippen molar-refractivity contribution in [3.63, 3.8) is 0 Å². The van der Waals surface area contributed by atoms with E-state index in [1.807, 2.05) is 6.92 Å². The molecule has 0 aliphatic carbocycles. The SMILES string of the molecule is C=C(O)C1CCOc2cc(Oc3ccc(C(=O)NCCc4cc(Cl)c(Cl)cc4OCC)cc3)c(Cl)cc21. The highest BCUT2D eigenvalue weighted by molar-refractivity contribution is 6.42. The average Bonchev–Trinajstić information content (AvgIpc) is 2.87. The predicted molar refractivity (Wildman–Crippen MR) is 146 cm³/mol. The Morgan fingerprint density at radius 3 is 2.51 bits per heavy atom. The predicted octanol–water partition coefficient (Wildman–Crippen LogP) is 7.75. The van der Waals surface area contributed by atoms with Gasteiger partial charge in [0.2, 0.25) is 0 Å². The lowest BCUT2D eigenvalue weighted by Crippen LogP contribution is -2.25. The molecule has 1 amide bonds. The smallest absolute Gasteiger partial charge is 0.251 e. The fourth-order valence-corrected chi connectivity index (χ4v) is 4.63. The van der Waals surface area contributed by atoms with E-state index in [4.69, 9.17) is 49.0 Å². The summed E-state index contributed by atoms with van der Waals surface area (Å²) in [5.74, 6) is 1.79. The van der Waals surface area contributed by atoms with Crippen molar-refractivity contribution in [2.75, 3.05) is 19.8 Å². The van der Waals surface area contributed by atoms with Crippen LogP contribution in [0.3, 0.4) is 0 Å². The van der Waals surface area contributed by atoms with Gasteiger partial charge in [0, 0.05) is 35.7 Å². The first-order valence-electron chi connectivity index (χ1n) is 11.8. The molecule has 2 N–H and O–H groups in total. The zero-order valence-corrected chi connectivity index (χ0v) is 22.4. The molecule has 0 saturated heterocycles. The molecule has 0 spiro atoms. The molecule has 6 nitrogen and oxygen atoms in total. The Labute approximate surface area is 230 Å². The number of carbonyl (C=O) groups is 1. The monoisotopic (exact) mass is 561 g/mol. The number of benzene rings is 3. The van der Waals surface area contributed by atoms with Gasteiger partial charge in [0.05, 0.1) is 34.0 Å². The maximum absolute atomic E-state index is 12.6. The van der Waals surface area contributed by atoms with Gasteiger partial charge in [-0.15, -0.1) is 0 Å². The number of halogens is 3. The van der Waals surface area contributed by atoms with E-state index in [1.54, 1.807) is 48.5 Å². The second-order valence-electron chi connectivity index (χ2n) is 8.44. The molecule has 0 fully saturated rings. The van der Waals surface area contributed by atoms with E-state index >= 15 is 0 Å². The molecule has 37 heavy (non-hydrogen) atoms. The largest absolute Gasteiger partial charge is 0.512 e. The van der Waals surface area contributed by atoms with Crippen LogP contribution in [0.5, 0.6) is 23.0 Å². The molecule has 1 unspecified atom stereocenters. The summed E-state index contributed by atoms with van der Waals surface area (Å²) in [6, 6.07) is 13.6. The highest BCUT2D eigenvalue weighted by Gasteiger charge is 2.26. The van der Waals surface area contributed by atoms with Gasteiger partial charge in [-0.25, -0.2) is 0 Å². The molecule has 0 bridgehead atoms. The van der Waals surface area contributed by atoms with Crippen LogP contribution in [0, 0.1) is 0 Å². The van der Waals surface area contributed by atoms with Crippen molar-refractivity contribution in [2.24, 2.45) is 0 Å². The van der Waals surface area contributed by atoms with Crippen LogP contribution in [0.2, 0.25) is 15.1 Å². The van der Waals surface area contributed by atoms with Crippen molar-refractivity contribution in [2.45, 2.75) is 25.7 Å². The van der Waals surface area contributed by atoms with Gasteiger partial charge in [0.1, 0.15) is 23.0 Å². The Bertz CT molecular complexity index is 1310. The van der Waals surface area contributed by atoms with E-state index in [0.717, 1.165) is 11.1 Å². The molecule has 4 rings (SSSR count). The minimum absolute atomic E-state index is 0.0786. The molecule has 1 heterocycles. The quantitative estimate of drug-likeness (QED) is 0.261. The first kappa shape index (κ1) is 27.0. The fraction of sp³-hybridized carbons (Fsp3) is 0.250. The van der Waals surface area contributed by atoms with Gasteiger partial charge in [-0.1, -0.05) is 41.4 Å². The van der Waals surface area contributed by atoms with E-state index in [1.165, 1.54) is 0 Å². The summed E-state index contributed by atoms with van der Waals surface area (Å²) in [6.07, 6.45) is 1.16. The molecule has 9 heteroatoms. The summed E-state index contributed by atoms with van der Waals surface area (Å²) in [5, 5.41) is 14.0. The number of aliphatic hydroxyl groups is 1. The molecule has 0 aromatic heterocycles. The zero-order chi connectivity index (χ0) is 26.5. The van der Waals surface area contributed by atoms with Crippen LogP contribution in [0.15, 0.2) is 60.9 Å². The number of carbonyl (C=O) groups excluding carboxylic acids is 1. The molecule has 1 atom stereocenters. The lowest BCUT2D eigenvalue weighted by molar-refractivity contribution is 0.0954. The number of hydrogen-bond donors (Lipinski definition) is 2. The molecule has 1 aliphatic heterocycles. The number of allylic oxidation sites excluding steroid dienone is 1. The number of nitrogens with one attached hydrogen (secondary N) is 1. The zero-order valence-electron chi connectivity index (χ0n) is 20.2. The summed E-state index contributed by atoms with van der Waals surface area (Å²) in [4.78, 5) is 12.6. The lowest BCUT2D eigenvalue weighted by Gasteiger charge is -2.26. The minimum Gasteiger partial charge on any atom is -0.512 e. The topological polar surface area (TPSA) is 77.0 Å². The lowest BCUT2D eigenvalue weighted by atomic mass is 9.92. The molecule has 1 aliphatic rings. The minimum atomic E-state index is -0.226. The van der Waals surface area contributed by atoms with Gasteiger partial charge in [-0.2, -0.15) is 0 Å². The van der Waals surface area contributed by atoms with Crippen molar-refractivity contribution < 1.29 is 24.1 Å². The number of rotatable bonds is 9. The van der Waals surface area contributed by atoms with E-state index < -0.39 is 0 Å². The highest BCUT2D eigenvalue weighted by Crippen LogP contribution is 2.43. The van der Waals surface area contributed by atoms with Crippen molar-refractivity contribution in [1.82, 2.24) is 5.32 Å². The van der Waals surface area contributed by atoms with Crippen LogP contribution >= 0.6 is 34.8 Å². The second kappa shape index (κ2) is 12.0. The number of aliphatic hydroxyl groups excluding tert-OH is 1. The van der Waals surface area contributed by atoms with Crippen LogP contribution in [-0.2, 0) is 6.42 Å². The average molecular weight is 563 g/mol. The molecule has 3 aromatic carbocycles. The van der Waals surface area contributed by atoms with Gasteiger partial charge in [0.15, 0.2) is 0 Å². The van der Waals surface area contributed by atoms with Crippen molar-refractivity contribution in [3.05, 3.63) is 92.6 Å². The van der Waals surface area contributed by atoms with Crippen LogP contribution in [0.1, 0.15) is 40.7 Å². The molecular weight excluding hydrogens is 537 g/mol. The molecular formula is C28H26Cl3NO5. The maximum Gasteiger partial charge on any atom is 0.251 e. The first-order chi connectivity index (χ1) is 17.8. The number of ether oxygens (including phenoxy) is 3. The van der Waals surface area contributed by atoms with Crippen LogP contribution < -0.4 is 19.5 Å². The fourth-order valence-electron chi connectivity index (χ4n) is 4.08. The third-order valence-electron chi connectivity index (χ3n) is 5.93. The molecule has 3 aromatic rings. The summed E-state index contributed by atoms with van der Waals surface area (Å²) in [6.45, 7) is 6.88. The van der Waals surface area contributed by atoms with Gasteiger partial charge in [-0.05, 0) is 61.7 Å². The Hall–Kier alpha value is -3.06. The Morgan fingerprint density at radius 1 is 1.08 bits per heavy atom. The number of fused-ring (bicyclic) bond motifs is 1. The number of hydrogen-bond acceptors (Lipinski definition) is 5. The van der Waals surface area contributed by atoms with E-state index in [9.17, 15) is 9.90 Å². The van der Waals surface area contributed by atoms with Crippen molar-refractivity contribution in [3.8, 4) is 23.0 Å². The van der Waals surface area contributed by atoms with Crippen molar-refractivity contribution >= 4 is 40.7 Å². The third kappa shape index (κ3) is 6.45. The standard InChI is InChI=1S/C28H26Cl3NO5/c1-3-35-25-14-23(30)22(29)12-18(25)8-10-32-28(34)17-4-6-19(7-5-17)37-27-15-26-21(13-24(27)31)20(16(2)33)9-11-36-26/h4-7,12-15,20,33H,2-3,8-11H2,1H3,(H,32,34). The normalized spacial score (nSPS) is 14.3. The summed E-state index contributed by atoms with van der Waals surface area (Å²) < 4.78 is 17.3. The van der Waals surface area contributed by atoms with E-state index in [0.29, 0.717) is 76.2 Å². The maximum atomic E-state index is 12.6. The number of amides is 1. The van der Waals surface area contributed by atoms with E-state index in [2.05, 4.69) is 11.9 Å². The van der Waals surface area contributed by atoms with Crippen LogP contribution in [0.4, 0.5) is 0 Å². The Balaban J connectivity index is 1.38. The summed E-state index contributed by atoms with van der Waals surface area (Å²) in [5.41, 5.74) is 2.12. The second-order valence-corrected chi connectivity index (χ2v) is 9.66. The Kier molecular flexibility index (Phi) is 8.75. The van der Waals surface area contributed by atoms with Gasteiger partial charge >= 0.3 is 0 Å². The van der Waals surface area contributed by atoms with Gasteiger partial charge < -0.3 is 24.6 Å². The van der Waals surface area contributed by atoms with Crippen molar-refractivity contribution in [1.29, 1.82) is 0 Å². The van der Waals surface area contributed by atoms with Gasteiger partial charge in [0.25, 0.3) is 5.91 Å². The van der Waals surface area contributed by atoms with E-state index in [-0.39, 0.29) is 17.6 Å². The molecule has 0 saturated carbocycles. The first-order valence-corrected chi connectivity index (χ1v) is 12.9. The third-order valence-corrected chi connectivity index (χ3v) is 6.95.